The first-order valence-electron chi connectivity index (χ1n) is 5.40. The van der Waals surface area contributed by atoms with Crippen LogP contribution >= 0.6 is 34.8 Å². The molecule has 1 heterocycles. The summed E-state index contributed by atoms with van der Waals surface area (Å²) in [6, 6.07) is 9.88. The minimum atomic E-state index is -0.802. The lowest BCUT2D eigenvalue weighted by molar-refractivity contribution is 0.486. The van der Waals surface area contributed by atoms with E-state index in [1.54, 1.807) is 0 Å². The van der Waals surface area contributed by atoms with Crippen molar-refractivity contribution in [1.29, 1.82) is 0 Å². The summed E-state index contributed by atoms with van der Waals surface area (Å²) in [5.41, 5.74) is 0.692. The van der Waals surface area contributed by atoms with Gasteiger partial charge in [-0.3, -0.25) is 0 Å². The van der Waals surface area contributed by atoms with E-state index >= 15 is 0 Å². The van der Waals surface area contributed by atoms with Gasteiger partial charge in [0.2, 0.25) is 5.28 Å². The zero-order valence-electron chi connectivity index (χ0n) is 9.22. The Morgan fingerprint density at radius 2 is 1.89 bits per heavy atom. The largest absolute Gasteiger partial charge is 0.243 e. The van der Waals surface area contributed by atoms with Crippen LogP contribution in [-0.4, -0.2) is 24.5 Å². The highest BCUT2D eigenvalue weighted by Gasteiger charge is 2.67. The number of alkyl halides is 2. The van der Waals surface area contributed by atoms with Gasteiger partial charge in [-0.25, -0.2) is 4.68 Å². The van der Waals surface area contributed by atoms with Crippen molar-refractivity contribution in [2.75, 3.05) is 0 Å². The summed E-state index contributed by atoms with van der Waals surface area (Å²) >= 11 is 18.5. The molecule has 1 aromatic heterocycles. The van der Waals surface area contributed by atoms with E-state index in [4.69, 9.17) is 34.8 Å². The van der Waals surface area contributed by atoms with Crippen molar-refractivity contribution in [3.8, 4) is 0 Å². The molecule has 0 amide bonds. The van der Waals surface area contributed by atoms with E-state index in [2.05, 4.69) is 15.5 Å². The van der Waals surface area contributed by atoms with Crippen LogP contribution < -0.4 is 0 Å². The number of nitrogens with zero attached hydrogens (tertiary/aromatic N) is 4. The highest BCUT2D eigenvalue weighted by atomic mass is 35.5. The lowest BCUT2D eigenvalue weighted by atomic mass is 9.96. The minimum absolute atomic E-state index is 0.237. The molecule has 7 heteroatoms. The number of benzene rings is 1. The van der Waals surface area contributed by atoms with E-state index < -0.39 is 4.33 Å². The fraction of sp³-hybridized carbons (Fsp3) is 0.364. The van der Waals surface area contributed by atoms with Gasteiger partial charge < -0.3 is 0 Å². The molecule has 0 radical (unpaired) electrons. The first-order chi connectivity index (χ1) is 8.55. The highest BCUT2D eigenvalue weighted by Crippen LogP contribution is 2.65. The predicted octanol–water partition coefficient (Wildman–Crippen LogP) is 2.84. The smallest absolute Gasteiger partial charge is 0.215 e. The third kappa shape index (κ3) is 1.79. The zero-order chi connectivity index (χ0) is 12.8. The molecule has 1 aliphatic carbocycles. The SMILES string of the molecule is Clc1nnnn1CC1(c2ccccc2)CC1(Cl)Cl. The normalized spacial score (nSPS) is 25.1. The summed E-state index contributed by atoms with van der Waals surface area (Å²) in [4.78, 5) is 0. The maximum atomic E-state index is 6.31. The van der Waals surface area contributed by atoms with Gasteiger partial charge in [-0.2, -0.15) is 0 Å². The minimum Gasteiger partial charge on any atom is -0.215 e. The van der Waals surface area contributed by atoms with E-state index in [1.807, 2.05) is 30.3 Å². The van der Waals surface area contributed by atoms with Crippen molar-refractivity contribution in [1.82, 2.24) is 20.2 Å². The fourth-order valence-electron chi connectivity index (χ4n) is 2.21. The molecule has 1 aliphatic rings. The Morgan fingerprint density at radius 1 is 1.22 bits per heavy atom. The number of hydrogen-bond acceptors (Lipinski definition) is 3. The average Bonchev–Trinajstić information content (AvgIpc) is 2.68. The van der Waals surface area contributed by atoms with Crippen LogP contribution in [0.1, 0.15) is 12.0 Å². The van der Waals surface area contributed by atoms with Gasteiger partial charge in [0.25, 0.3) is 0 Å². The summed E-state index contributed by atoms with van der Waals surface area (Å²) in [6.45, 7) is 0.468. The van der Waals surface area contributed by atoms with E-state index in [0.29, 0.717) is 13.0 Å². The Balaban J connectivity index is 1.98. The van der Waals surface area contributed by atoms with Crippen molar-refractivity contribution in [3.05, 3.63) is 41.2 Å². The molecule has 0 saturated heterocycles. The second kappa shape index (κ2) is 4.08. The van der Waals surface area contributed by atoms with Crippen molar-refractivity contribution in [2.24, 2.45) is 0 Å². The lowest BCUT2D eigenvalue weighted by Gasteiger charge is -2.18. The standard InChI is InChI=1S/C11H9Cl3N4/c12-9-15-16-17-18(9)7-10(6-11(10,13)14)8-4-2-1-3-5-8/h1-5H,6-7H2. The van der Waals surface area contributed by atoms with Crippen molar-refractivity contribution < 1.29 is 0 Å². The summed E-state index contributed by atoms with van der Waals surface area (Å²) < 4.78 is 0.713. The first-order valence-corrected chi connectivity index (χ1v) is 6.54. The van der Waals surface area contributed by atoms with Crippen LogP contribution in [0.3, 0.4) is 0 Å². The van der Waals surface area contributed by atoms with E-state index in [-0.39, 0.29) is 10.7 Å². The lowest BCUT2D eigenvalue weighted by Crippen LogP contribution is -2.23. The zero-order valence-corrected chi connectivity index (χ0v) is 11.5. The van der Waals surface area contributed by atoms with Gasteiger partial charge in [0.1, 0.15) is 4.33 Å². The van der Waals surface area contributed by atoms with Crippen LogP contribution in [0.4, 0.5) is 0 Å². The molecule has 0 spiro atoms. The molecule has 18 heavy (non-hydrogen) atoms. The number of aromatic nitrogens is 4. The molecule has 0 N–H and O–H groups in total. The Bertz CT molecular complexity index is 569. The molecule has 0 aliphatic heterocycles. The summed E-state index contributed by atoms with van der Waals surface area (Å²) in [6.07, 6.45) is 0.656. The van der Waals surface area contributed by atoms with Crippen molar-refractivity contribution >= 4 is 34.8 Å². The number of tetrazole rings is 1. The summed E-state index contributed by atoms with van der Waals surface area (Å²) in [7, 11) is 0. The summed E-state index contributed by atoms with van der Waals surface area (Å²) in [5.74, 6) is 0. The molecule has 3 rings (SSSR count). The first kappa shape index (κ1) is 12.2. The third-order valence-corrected chi connectivity index (χ3v) is 4.59. The maximum Gasteiger partial charge on any atom is 0.243 e. The molecular formula is C11H9Cl3N4. The highest BCUT2D eigenvalue weighted by molar-refractivity contribution is 6.52. The van der Waals surface area contributed by atoms with Crippen molar-refractivity contribution in [3.63, 3.8) is 0 Å². The second-order valence-electron chi connectivity index (χ2n) is 4.43. The van der Waals surface area contributed by atoms with E-state index in [0.717, 1.165) is 5.56 Å². The molecule has 1 fully saturated rings. The number of halogens is 3. The number of hydrogen-bond donors (Lipinski definition) is 0. The molecule has 1 unspecified atom stereocenters. The van der Waals surface area contributed by atoms with Crippen LogP contribution in [0.5, 0.6) is 0 Å². The Kier molecular flexibility index (Phi) is 2.77. The van der Waals surface area contributed by atoms with Gasteiger partial charge in [-0.15, -0.1) is 23.2 Å². The van der Waals surface area contributed by atoms with Crippen LogP contribution in [0.15, 0.2) is 30.3 Å². The van der Waals surface area contributed by atoms with E-state index in [9.17, 15) is 0 Å². The molecule has 4 nitrogen and oxygen atoms in total. The quantitative estimate of drug-likeness (QED) is 0.819. The Morgan fingerprint density at radius 3 is 2.39 bits per heavy atom. The molecule has 1 aromatic carbocycles. The molecule has 94 valence electrons. The predicted molar refractivity (Wildman–Crippen MR) is 70.0 cm³/mol. The maximum absolute atomic E-state index is 6.31. The molecule has 1 saturated carbocycles. The van der Waals surface area contributed by atoms with Gasteiger partial charge in [-0.1, -0.05) is 35.4 Å². The second-order valence-corrected chi connectivity index (χ2v) is 6.26. The number of rotatable bonds is 3. The van der Waals surface area contributed by atoms with Gasteiger partial charge in [0, 0.05) is 0 Å². The monoisotopic (exact) mass is 302 g/mol. The third-order valence-electron chi connectivity index (χ3n) is 3.33. The molecular weight excluding hydrogens is 295 g/mol. The Labute approximate surface area is 119 Å². The van der Waals surface area contributed by atoms with Crippen LogP contribution in [-0.2, 0) is 12.0 Å². The topological polar surface area (TPSA) is 43.6 Å². The molecule has 1 atom stereocenters. The van der Waals surface area contributed by atoms with E-state index in [1.165, 1.54) is 4.68 Å². The van der Waals surface area contributed by atoms with Crippen LogP contribution in [0.25, 0.3) is 0 Å². The average molecular weight is 304 g/mol. The molecule has 0 bridgehead atoms. The van der Waals surface area contributed by atoms with Crippen molar-refractivity contribution in [2.45, 2.75) is 22.7 Å². The summed E-state index contributed by atoms with van der Waals surface area (Å²) in [5, 5.41) is 11.2. The van der Waals surface area contributed by atoms with Gasteiger partial charge in [0.05, 0.1) is 12.0 Å². The van der Waals surface area contributed by atoms with Gasteiger partial charge >= 0.3 is 0 Å². The Hall–Kier alpha value is -0.840. The molecule has 2 aromatic rings. The van der Waals surface area contributed by atoms with Gasteiger partial charge in [-0.05, 0) is 34.0 Å². The van der Waals surface area contributed by atoms with Crippen LogP contribution in [0, 0.1) is 0 Å². The fourth-order valence-corrected chi connectivity index (χ4v) is 3.14. The van der Waals surface area contributed by atoms with Crippen LogP contribution in [0.2, 0.25) is 5.28 Å². The van der Waals surface area contributed by atoms with Gasteiger partial charge in [0.15, 0.2) is 0 Å².